The van der Waals surface area contributed by atoms with Gasteiger partial charge >= 0.3 is 5.51 Å². The highest BCUT2D eigenvalue weighted by Crippen LogP contribution is 2.38. The number of para-hydroxylation sites is 1. The molecule has 0 aromatic heterocycles. The predicted octanol–water partition coefficient (Wildman–Crippen LogP) is 2.73. The van der Waals surface area contributed by atoms with E-state index in [4.69, 9.17) is 0 Å². The van der Waals surface area contributed by atoms with Gasteiger partial charge in [0.2, 0.25) is 0 Å². The van der Waals surface area contributed by atoms with E-state index < -0.39 is 20.2 Å². The zero-order valence-electron chi connectivity index (χ0n) is 15.9. The molecule has 3 aliphatic rings. The average Bonchev–Trinajstić information content (AvgIpc) is 2.88. The van der Waals surface area contributed by atoms with E-state index in [2.05, 4.69) is 16.8 Å². The lowest BCUT2D eigenvalue weighted by molar-refractivity contribution is -0.0435. The Bertz CT molecular complexity index is 808. The number of hydrogen-bond acceptors (Lipinski definition) is 5. The Hall–Kier alpha value is -1.32. The van der Waals surface area contributed by atoms with Crippen LogP contribution in [-0.4, -0.2) is 75.1 Å². The minimum absolute atomic E-state index is 0.155. The fourth-order valence-corrected chi connectivity index (χ4v) is 6.06. The first-order valence-corrected chi connectivity index (χ1v) is 11.3. The van der Waals surface area contributed by atoms with Gasteiger partial charge in [-0.2, -0.15) is 13.2 Å². The zero-order chi connectivity index (χ0) is 20.1. The Kier molecular flexibility index (Phi) is 5.12. The number of nitrogens with zero attached hydrogens (tertiary/aromatic N) is 3. The molecule has 0 amide bonds. The van der Waals surface area contributed by atoms with Gasteiger partial charge in [-0.05, 0) is 44.9 Å². The van der Waals surface area contributed by atoms with Crippen molar-refractivity contribution in [2.45, 2.75) is 54.2 Å². The van der Waals surface area contributed by atoms with Gasteiger partial charge in [0.05, 0.1) is 10.6 Å². The summed E-state index contributed by atoms with van der Waals surface area (Å²) in [6.45, 7) is 2.56. The van der Waals surface area contributed by atoms with Crippen molar-refractivity contribution in [2.24, 2.45) is 0 Å². The Balaban J connectivity index is 1.47. The van der Waals surface area contributed by atoms with Gasteiger partial charge in [-0.25, -0.2) is 8.42 Å². The Morgan fingerprint density at radius 2 is 1.50 bits per heavy atom. The molecule has 0 spiro atoms. The van der Waals surface area contributed by atoms with Crippen LogP contribution in [0.2, 0.25) is 0 Å². The maximum Gasteiger partial charge on any atom is 0.501 e. The molecule has 156 valence electrons. The number of rotatable bonds is 3. The normalized spacial score (nSPS) is 30.0. The minimum atomic E-state index is -5.36. The van der Waals surface area contributed by atoms with Gasteiger partial charge in [0.1, 0.15) is 0 Å². The monoisotopic (exact) mass is 417 g/mol. The van der Waals surface area contributed by atoms with Crippen molar-refractivity contribution in [3.8, 4) is 0 Å². The van der Waals surface area contributed by atoms with Gasteiger partial charge in [-0.3, -0.25) is 4.90 Å². The van der Waals surface area contributed by atoms with Crippen LogP contribution in [0.5, 0.6) is 0 Å². The zero-order valence-corrected chi connectivity index (χ0v) is 16.7. The second-order valence-corrected chi connectivity index (χ2v) is 10.0. The number of piperazine rings is 1. The van der Waals surface area contributed by atoms with Crippen LogP contribution in [0.15, 0.2) is 29.2 Å². The maximum atomic E-state index is 13.1. The molecule has 3 aliphatic heterocycles. The highest BCUT2D eigenvalue weighted by Gasteiger charge is 2.48. The number of fused-ring (bicyclic) bond motifs is 2. The van der Waals surface area contributed by atoms with Crippen LogP contribution >= 0.6 is 0 Å². The Morgan fingerprint density at radius 1 is 0.929 bits per heavy atom. The molecule has 3 fully saturated rings. The maximum absolute atomic E-state index is 13.1. The Morgan fingerprint density at radius 3 is 2.07 bits per heavy atom. The molecule has 9 heteroatoms. The Labute approximate surface area is 164 Å². The molecule has 0 unspecified atom stereocenters. The summed E-state index contributed by atoms with van der Waals surface area (Å²) in [5.41, 5.74) is -5.14. The first-order valence-electron chi connectivity index (χ1n) is 9.80. The molecular formula is C19H26F3N3O2S. The van der Waals surface area contributed by atoms with Crippen molar-refractivity contribution in [1.82, 2.24) is 9.80 Å². The number of sulfone groups is 1. The lowest BCUT2D eigenvalue weighted by Crippen LogP contribution is -2.55. The molecule has 0 radical (unpaired) electrons. The van der Waals surface area contributed by atoms with Gasteiger partial charge in [-0.15, -0.1) is 0 Å². The van der Waals surface area contributed by atoms with Gasteiger partial charge in [-0.1, -0.05) is 12.1 Å². The number of benzene rings is 1. The first-order chi connectivity index (χ1) is 13.2. The van der Waals surface area contributed by atoms with Crippen LogP contribution in [0.1, 0.15) is 25.7 Å². The van der Waals surface area contributed by atoms with Crippen molar-refractivity contribution in [3.05, 3.63) is 24.3 Å². The van der Waals surface area contributed by atoms with Gasteiger partial charge < -0.3 is 9.80 Å². The van der Waals surface area contributed by atoms with Crippen molar-refractivity contribution >= 4 is 15.5 Å². The highest BCUT2D eigenvalue weighted by atomic mass is 32.2. The lowest BCUT2D eigenvalue weighted by Gasteiger charge is -2.45. The van der Waals surface area contributed by atoms with Crippen molar-refractivity contribution in [1.29, 1.82) is 0 Å². The fraction of sp³-hybridized carbons (Fsp3) is 0.684. The van der Waals surface area contributed by atoms with Crippen LogP contribution in [-0.2, 0) is 9.84 Å². The van der Waals surface area contributed by atoms with E-state index in [1.807, 2.05) is 0 Å². The van der Waals surface area contributed by atoms with E-state index in [0.717, 1.165) is 32.0 Å². The van der Waals surface area contributed by atoms with E-state index in [1.165, 1.54) is 25.0 Å². The summed E-state index contributed by atoms with van der Waals surface area (Å²) in [7, 11) is -3.16. The summed E-state index contributed by atoms with van der Waals surface area (Å²) < 4.78 is 63.1. The van der Waals surface area contributed by atoms with E-state index in [-0.39, 0.29) is 5.69 Å². The summed E-state index contributed by atoms with van der Waals surface area (Å²) in [6, 6.07) is 7.26. The number of piperidine rings is 1. The third-order valence-corrected chi connectivity index (χ3v) is 8.24. The molecule has 5 nitrogen and oxygen atoms in total. The second kappa shape index (κ2) is 7.18. The van der Waals surface area contributed by atoms with E-state index >= 15 is 0 Å². The van der Waals surface area contributed by atoms with Crippen molar-refractivity contribution < 1.29 is 21.6 Å². The third-order valence-electron chi connectivity index (χ3n) is 6.70. The van der Waals surface area contributed by atoms with Gasteiger partial charge in [0.15, 0.2) is 0 Å². The molecule has 0 N–H and O–H groups in total. The van der Waals surface area contributed by atoms with E-state index in [9.17, 15) is 21.6 Å². The summed E-state index contributed by atoms with van der Waals surface area (Å²) in [4.78, 5) is 6.06. The molecule has 3 heterocycles. The van der Waals surface area contributed by atoms with Crippen molar-refractivity contribution in [3.63, 3.8) is 0 Å². The first kappa shape index (κ1) is 20.0. The molecule has 4 rings (SSSR count). The van der Waals surface area contributed by atoms with Crippen LogP contribution < -0.4 is 4.90 Å². The van der Waals surface area contributed by atoms with Gasteiger partial charge in [0.25, 0.3) is 9.84 Å². The predicted molar refractivity (Wildman–Crippen MR) is 101 cm³/mol. The van der Waals surface area contributed by atoms with Crippen LogP contribution in [0.4, 0.5) is 18.9 Å². The fourth-order valence-electron chi connectivity index (χ4n) is 5.08. The van der Waals surface area contributed by atoms with Crippen LogP contribution in [0, 0.1) is 0 Å². The molecule has 0 aliphatic carbocycles. The van der Waals surface area contributed by atoms with E-state index in [0.29, 0.717) is 31.2 Å². The third kappa shape index (κ3) is 3.41. The molecule has 0 saturated carbocycles. The summed E-state index contributed by atoms with van der Waals surface area (Å²) in [5.74, 6) is 0. The molecule has 1 aromatic carbocycles. The SMILES string of the molecule is CN1[C@@H]2CC[C@@H]1CC(N1CCN(c3ccccc3S(=O)(=O)C(F)(F)F)CC1)C2. The topological polar surface area (TPSA) is 43.9 Å². The molecule has 2 atom stereocenters. The molecule has 3 saturated heterocycles. The quantitative estimate of drug-likeness (QED) is 0.757. The number of alkyl halides is 3. The number of halogens is 3. The number of hydrogen-bond donors (Lipinski definition) is 0. The second-order valence-electron chi connectivity index (χ2n) is 8.12. The highest BCUT2D eigenvalue weighted by molar-refractivity contribution is 7.92. The molecular weight excluding hydrogens is 391 g/mol. The molecule has 28 heavy (non-hydrogen) atoms. The van der Waals surface area contributed by atoms with Crippen LogP contribution in [0.3, 0.4) is 0 Å². The number of anilines is 1. The van der Waals surface area contributed by atoms with Crippen molar-refractivity contribution in [2.75, 3.05) is 38.1 Å². The largest absolute Gasteiger partial charge is 0.501 e. The van der Waals surface area contributed by atoms with Crippen LogP contribution in [0.25, 0.3) is 0 Å². The van der Waals surface area contributed by atoms with E-state index in [1.54, 1.807) is 11.0 Å². The average molecular weight is 417 g/mol. The summed E-state index contributed by atoms with van der Waals surface area (Å²) in [6.07, 6.45) is 4.79. The molecule has 2 bridgehead atoms. The molecule has 1 aromatic rings. The summed E-state index contributed by atoms with van der Waals surface area (Å²) >= 11 is 0. The minimum Gasteiger partial charge on any atom is -0.368 e. The summed E-state index contributed by atoms with van der Waals surface area (Å²) in [5, 5.41) is 0. The lowest BCUT2D eigenvalue weighted by atomic mass is 9.96. The van der Waals surface area contributed by atoms with Gasteiger partial charge in [0, 0.05) is 44.3 Å². The smallest absolute Gasteiger partial charge is 0.368 e. The standard InChI is InChI=1S/C19H26F3N3O2S/c1-23-14-6-7-15(23)13-16(12-14)24-8-10-25(11-9-24)17-4-2-3-5-18(17)28(26,27)19(20,21)22/h2-5,14-16H,6-13H2,1H3/t14-,15-/m1/s1.